The maximum absolute atomic E-state index is 0. The zero-order valence-corrected chi connectivity index (χ0v) is 3.65. The molecule has 0 radical (unpaired) electrons. The second-order valence-corrected chi connectivity index (χ2v) is 0. The maximum atomic E-state index is 0. The molecule has 0 bridgehead atoms. The molecule has 0 aromatic heterocycles. The molecule has 32 valence electrons. The molecule has 0 aliphatic rings. The Labute approximate surface area is 52.2 Å². The largest absolute Gasteiger partial charge is 2.00 e. The molecule has 5 heavy (non-hydrogen) atoms. The monoisotopic (exact) mass is 116 g/mol. The van der Waals surface area contributed by atoms with Crippen molar-refractivity contribution in [3.63, 3.8) is 0 Å². The molecule has 0 unspecified atom stereocenters. The van der Waals surface area contributed by atoms with E-state index in [1.54, 1.807) is 0 Å². The summed E-state index contributed by atoms with van der Waals surface area (Å²) in [6, 6.07) is 0. The Morgan fingerprint density at radius 1 is 0.600 bits per heavy atom. The van der Waals surface area contributed by atoms with Crippen molar-refractivity contribution >= 4 is 0 Å². The van der Waals surface area contributed by atoms with Gasteiger partial charge in [0.15, 0.2) is 0 Å². The van der Waals surface area contributed by atoms with Crippen molar-refractivity contribution in [1.82, 2.24) is 0 Å². The van der Waals surface area contributed by atoms with E-state index in [2.05, 4.69) is 0 Å². The average Bonchev–Trinajstić information content (AvgIpc) is 0. The molecule has 0 aliphatic carbocycles. The van der Waals surface area contributed by atoms with Crippen molar-refractivity contribution < 1.29 is 51.8 Å². The summed E-state index contributed by atoms with van der Waals surface area (Å²) in [6.45, 7) is 0. The topological polar surface area (TPSA) is 90.0 Å². The van der Waals surface area contributed by atoms with Gasteiger partial charge in [-0.15, -0.1) is 0 Å². The summed E-state index contributed by atoms with van der Waals surface area (Å²) in [5.41, 5.74) is 0. The van der Waals surface area contributed by atoms with Crippen LogP contribution in [0.4, 0.5) is 0 Å². The molecular formula is H3LiNiO3. The molecule has 0 aromatic carbocycles. The first-order valence-corrected chi connectivity index (χ1v) is 0. The maximum Gasteiger partial charge on any atom is 2.00 e. The van der Waals surface area contributed by atoms with Crippen LogP contribution < -0.4 is 18.9 Å². The Kier molecular flexibility index (Phi) is 2600. The predicted molar refractivity (Wildman–Crippen MR) is 5.81 cm³/mol. The zero-order valence-electron chi connectivity index (χ0n) is 2.66. The first kappa shape index (κ1) is 157. The third-order valence-electron chi connectivity index (χ3n) is 0. The molecule has 0 aromatic rings. The van der Waals surface area contributed by atoms with Gasteiger partial charge in [0.2, 0.25) is 0 Å². The number of hydrogen-bond acceptors (Lipinski definition) is 3. The third kappa shape index (κ3) is 46.5. The van der Waals surface area contributed by atoms with E-state index in [0.717, 1.165) is 0 Å². The van der Waals surface area contributed by atoms with Gasteiger partial charge >= 0.3 is 35.4 Å². The normalized spacial score (nSPS) is 0. The van der Waals surface area contributed by atoms with Crippen LogP contribution in [-0.2, 0) is 16.5 Å². The second-order valence-electron chi connectivity index (χ2n) is 0. The van der Waals surface area contributed by atoms with Gasteiger partial charge in [0.05, 0.1) is 0 Å². The summed E-state index contributed by atoms with van der Waals surface area (Å²) in [7, 11) is 0. The Bertz CT molecular complexity index is 6.85. The predicted octanol–water partition coefficient (Wildman–Crippen LogP) is -3.53. The van der Waals surface area contributed by atoms with Gasteiger partial charge in [-0.05, 0) is 0 Å². The van der Waals surface area contributed by atoms with Gasteiger partial charge in [-0.3, -0.25) is 0 Å². The fourth-order valence-electron chi connectivity index (χ4n) is 0. The standard InChI is InChI=1S/Li.Ni.3H2O/h;;3*1H2/q+1;+2;;;/p-3. The molecule has 3 nitrogen and oxygen atoms in total. The molecule has 0 saturated carbocycles. The zero-order chi connectivity index (χ0) is 0. The Hall–Kier alpha value is 0.971. The van der Waals surface area contributed by atoms with E-state index in [4.69, 9.17) is 0 Å². The van der Waals surface area contributed by atoms with E-state index in [1.807, 2.05) is 0 Å². The SMILES string of the molecule is [Li+].[Ni+2].[OH-].[OH-].[OH-]. The molecule has 0 atom stereocenters. The van der Waals surface area contributed by atoms with Crippen LogP contribution >= 0.6 is 0 Å². The van der Waals surface area contributed by atoms with Gasteiger partial charge in [-0.25, -0.2) is 0 Å². The minimum atomic E-state index is 0. The van der Waals surface area contributed by atoms with Crippen LogP contribution in [0.1, 0.15) is 0 Å². The van der Waals surface area contributed by atoms with E-state index in [0.29, 0.717) is 0 Å². The fraction of sp³-hybridized carbons (Fsp3) is 0. The molecule has 0 spiro atoms. The molecule has 0 fully saturated rings. The van der Waals surface area contributed by atoms with E-state index >= 15 is 0 Å². The van der Waals surface area contributed by atoms with Crippen LogP contribution in [0, 0.1) is 0 Å². The van der Waals surface area contributed by atoms with Gasteiger partial charge < -0.3 is 16.4 Å². The van der Waals surface area contributed by atoms with Gasteiger partial charge in [0, 0.05) is 0 Å². The first-order valence-electron chi connectivity index (χ1n) is 0. The van der Waals surface area contributed by atoms with Gasteiger partial charge in [-0.2, -0.15) is 0 Å². The van der Waals surface area contributed by atoms with Gasteiger partial charge in [-0.1, -0.05) is 0 Å². The number of hydrogen-bond donors (Lipinski definition) is 0. The van der Waals surface area contributed by atoms with Gasteiger partial charge in [0.25, 0.3) is 0 Å². The summed E-state index contributed by atoms with van der Waals surface area (Å²) < 4.78 is 0. The van der Waals surface area contributed by atoms with Crippen molar-refractivity contribution in [2.24, 2.45) is 0 Å². The molecule has 0 rings (SSSR count). The summed E-state index contributed by atoms with van der Waals surface area (Å²) in [6.07, 6.45) is 0. The first-order chi connectivity index (χ1) is 0. The Morgan fingerprint density at radius 2 is 0.600 bits per heavy atom. The molecule has 0 heterocycles. The van der Waals surface area contributed by atoms with Crippen molar-refractivity contribution in [3.8, 4) is 0 Å². The summed E-state index contributed by atoms with van der Waals surface area (Å²) >= 11 is 0. The van der Waals surface area contributed by atoms with Crippen LogP contribution in [-0.4, -0.2) is 16.4 Å². The molecule has 0 saturated heterocycles. The minimum absolute atomic E-state index is 0. The molecule has 0 amide bonds. The van der Waals surface area contributed by atoms with Crippen LogP contribution in [0.2, 0.25) is 0 Å². The fourth-order valence-corrected chi connectivity index (χ4v) is 0. The van der Waals surface area contributed by atoms with E-state index < -0.39 is 0 Å². The van der Waals surface area contributed by atoms with Crippen molar-refractivity contribution in [3.05, 3.63) is 0 Å². The van der Waals surface area contributed by atoms with Crippen LogP contribution in [0.3, 0.4) is 0 Å². The minimum Gasteiger partial charge on any atom is -0.870 e. The average molecular weight is 117 g/mol. The molecule has 3 N–H and O–H groups in total. The second kappa shape index (κ2) is 83.1. The van der Waals surface area contributed by atoms with Crippen LogP contribution in [0.25, 0.3) is 0 Å². The third-order valence-corrected chi connectivity index (χ3v) is 0. The molecule has 0 aliphatic heterocycles. The van der Waals surface area contributed by atoms with E-state index in [-0.39, 0.29) is 51.8 Å². The van der Waals surface area contributed by atoms with Crippen molar-refractivity contribution in [2.75, 3.05) is 0 Å². The Morgan fingerprint density at radius 3 is 0.600 bits per heavy atom. The van der Waals surface area contributed by atoms with Crippen LogP contribution in [0.15, 0.2) is 0 Å². The Balaban J connectivity index is 0. The van der Waals surface area contributed by atoms with Gasteiger partial charge in [0.1, 0.15) is 0 Å². The van der Waals surface area contributed by atoms with Crippen LogP contribution in [0.5, 0.6) is 0 Å². The van der Waals surface area contributed by atoms with Crippen molar-refractivity contribution in [2.45, 2.75) is 0 Å². The summed E-state index contributed by atoms with van der Waals surface area (Å²) in [5.74, 6) is 0. The quantitative estimate of drug-likeness (QED) is 0.307. The van der Waals surface area contributed by atoms with E-state index in [1.165, 1.54) is 0 Å². The molecule has 5 heteroatoms. The summed E-state index contributed by atoms with van der Waals surface area (Å²) in [5, 5.41) is 0. The number of rotatable bonds is 0. The molecular weight excluding hydrogens is 114 g/mol. The van der Waals surface area contributed by atoms with E-state index in [9.17, 15) is 0 Å². The smallest absolute Gasteiger partial charge is 0.870 e. The van der Waals surface area contributed by atoms with Crippen molar-refractivity contribution in [1.29, 1.82) is 0 Å². The summed E-state index contributed by atoms with van der Waals surface area (Å²) in [4.78, 5) is 0.